The van der Waals surface area contributed by atoms with Crippen LogP contribution >= 0.6 is 0 Å². The van der Waals surface area contributed by atoms with Crippen molar-refractivity contribution in [3.8, 4) is 22.9 Å². The van der Waals surface area contributed by atoms with Gasteiger partial charge in [-0.2, -0.15) is 5.26 Å². The standard InChI is InChI=1S/C23H16F2N6O2/c1-12-15(7-27-19(11-32)21(12)25)17-9-29-23(31-10-13(6-26)30-22(17)31)28-8-16-14-4-5-33-20(14)3-2-18(16)24/h2-3,7,9-11H,4-5,8H2,1H3,(H,28,29). The average Bonchev–Trinajstić information content (AvgIpc) is 3.48. The molecule has 1 aliphatic rings. The molecule has 1 aromatic carbocycles. The van der Waals surface area contributed by atoms with Crippen LogP contribution in [0.4, 0.5) is 14.7 Å². The lowest BCUT2D eigenvalue weighted by Crippen LogP contribution is -2.10. The lowest BCUT2D eigenvalue weighted by Gasteiger charge is -2.14. The van der Waals surface area contributed by atoms with E-state index in [1.165, 1.54) is 31.6 Å². The lowest BCUT2D eigenvalue weighted by atomic mass is 10.0. The molecule has 5 rings (SSSR count). The fourth-order valence-corrected chi connectivity index (χ4v) is 3.98. The van der Waals surface area contributed by atoms with Crippen LogP contribution in [0.3, 0.4) is 0 Å². The zero-order valence-electron chi connectivity index (χ0n) is 17.4. The van der Waals surface area contributed by atoms with Gasteiger partial charge in [0.15, 0.2) is 23.4 Å². The molecule has 3 aromatic heterocycles. The molecule has 0 spiro atoms. The van der Waals surface area contributed by atoms with Crippen molar-refractivity contribution < 1.29 is 18.3 Å². The minimum absolute atomic E-state index is 0.128. The molecule has 164 valence electrons. The van der Waals surface area contributed by atoms with Crippen molar-refractivity contribution in [1.29, 1.82) is 5.26 Å². The zero-order valence-corrected chi connectivity index (χ0v) is 17.4. The van der Waals surface area contributed by atoms with Gasteiger partial charge in [-0.25, -0.2) is 23.7 Å². The maximum atomic E-state index is 14.5. The van der Waals surface area contributed by atoms with E-state index in [9.17, 15) is 18.8 Å². The Balaban J connectivity index is 1.58. The number of aromatic nitrogens is 4. The van der Waals surface area contributed by atoms with Crippen LogP contribution < -0.4 is 10.1 Å². The van der Waals surface area contributed by atoms with Gasteiger partial charge in [-0.3, -0.25) is 9.20 Å². The van der Waals surface area contributed by atoms with Gasteiger partial charge >= 0.3 is 0 Å². The van der Waals surface area contributed by atoms with Gasteiger partial charge in [0.05, 0.1) is 12.8 Å². The Morgan fingerprint density at radius 2 is 2.09 bits per heavy atom. The molecule has 33 heavy (non-hydrogen) atoms. The second-order valence-electron chi connectivity index (χ2n) is 7.50. The van der Waals surface area contributed by atoms with E-state index in [0.29, 0.717) is 53.3 Å². The normalized spacial score (nSPS) is 12.3. The van der Waals surface area contributed by atoms with Crippen molar-refractivity contribution in [2.75, 3.05) is 11.9 Å². The van der Waals surface area contributed by atoms with E-state index in [1.807, 2.05) is 6.07 Å². The second-order valence-corrected chi connectivity index (χ2v) is 7.50. The molecule has 10 heteroatoms. The van der Waals surface area contributed by atoms with Gasteiger partial charge in [0.2, 0.25) is 5.95 Å². The van der Waals surface area contributed by atoms with Gasteiger partial charge in [-0.15, -0.1) is 0 Å². The van der Waals surface area contributed by atoms with E-state index in [4.69, 9.17) is 4.74 Å². The number of aldehydes is 1. The molecule has 0 saturated heterocycles. The fourth-order valence-electron chi connectivity index (χ4n) is 3.98. The Bertz CT molecular complexity index is 1470. The van der Waals surface area contributed by atoms with Crippen LogP contribution in [0.1, 0.15) is 32.9 Å². The lowest BCUT2D eigenvalue weighted by molar-refractivity contribution is 0.111. The molecule has 0 saturated carbocycles. The minimum Gasteiger partial charge on any atom is -0.493 e. The van der Waals surface area contributed by atoms with Crippen LogP contribution in [0, 0.1) is 29.9 Å². The fraction of sp³-hybridized carbons (Fsp3) is 0.174. The highest BCUT2D eigenvalue weighted by Crippen LogP contribution is 2.32. The Labute approximate surface area is 186 Å². The van der Waals surface area contributed by atoms with E-state index >= 15 is 0 Å². The number of nitrogens with zero attached hydrogens (tertiary/aromatic N) is 5. The van der Waals surface area contributed by atoms with Crippen molar-refractivity contribution in [3.05, 3.63) is 70.4 Å². The smallest absolute Gasteiger partial charge is 0.208 e. The van der Waals surface area contributed by atoms with Gasteiger partial charge in [0, 0.05) is 47.6 Å². The number of hydrogen-bond acceptors (Lipinski definition) is 7. The largest absolute Gasteiger partial charge is 0.493 e. The summed E-state index contributed by atoms with van der Waals surface area (Å²) < 4.78 is 36.1. The number of carbonyl (C=O) groups is 1. The number of pyridine rings is 1. The Kier molecular flexibility index (Phi) is 4.94. The highest BCUT2D eigenvalue weighted by atomic mass is 19.1. The number of rotatable bonds is 5. The van der Waals surface area contributed by atoms with Gasteiger partial charge in [-0.1, -0.05) is 0 Å². The molecule has 4 heterocycles. The summed E-state index contributed by atoms with van der Waals surface area (Å²) in [5.41, 5.74) is 2.51. The van der Waals surface area contributed by atoms with E-state index in [1.54, 1.807) is 10.5 Å². The molecular weight excluding hydrogens is 430 g/mol. The number of nitriles is 1. The summed E-state index contributed by atoms with van der Waals surface area (Å²) in [4.78, 5) is 23.6. The van der Waals surface area contributed by atoms with Crippen molar-refractivity contribution in [3.63, 3.8) is 0 Å². The molecular formula is C23H16F2N6O2. The van der Waals surface area contributed by atoms with Crippen LogP contribution in [-0.2, 0) is 13.0 Å². The Morgan fingerprint density at radius 3 is 2.88 bits per heavy atom. The molecule has 8 nitrogen and oxygen atoms in total. The molecule has 0 atom stereocenters. The molecule has 4 aromatic rings. The summed E-state index contributed by atoms with van der Waals surface area (Å²) in [5, 5.41) is 12.5. The van der Waals surface area contributed by atoms with Gasteiger partial charge in [-0.05, 0) is 24.6 Å². The number of benzene rings is 1. The molecule has 0 unspecified atom stereocenters. The third-order valence-electron chi connectivity index (χ3n) is 5.66. The molecule has 0 aliphatic carbocycles. The number of nitrogens with one attached hydrogen (secondary N) is 1. The SMILES string of the molecule is Cc1c(-c2cnc(NCc3c(F)ccc4c3CCO4)n3cc(C#N)nc23)cnc(C=O)c1F. The monoisotopic (exact) mass is 446 g/mol. The molecule has 0 bridgehead atoms. The molecule has 1 aliphatic heterocycles. The van der Waals surface area contributed by atoms with Crippen LogP contribution in [-0.4, -0.2) is 32.2 Å². The minimum atomic E-state index is -0.731. The first-order valence-electron chi connectivity index (χ1n) is 10.1. The highest BCUT2D eigenvalue weighted by molar-refractivity contribution is 5.82. The summed E-state index contributed by atoms with van der Waals surface area (Å²) in [6.07, 6.45) is 5.30. The predicted octanol–water partition coefficient (Wildman–Crippen LogP) is 3.61. The first-order valence-corrected chi connectivity index (χ1v) is 10.1. The van der Waals surface area contributed by atoms with Crippen molar-refractivity contribution in [2.24, 2.45) is 0 Å². The number of carbonyl (C=O) groups excluding carboxylic acids is 1. The van der Waals surface area contributed by atoms with E-state index in [2.05, 4.69) is 20.3 Å². The average molecular weight is 446 g/mol. The van der Waals surface area contributed by atoms with E-state index in [0.717, 1.165) is 5.56 Å². The summed E-state index contributed by atoms with van der Waals surface area (Å²) >= 11 is 0. The van der Waals surface area contributed by atoms with Crippen molar-refractivity contribution in [2.45, 2.75) is 19.9 Å². The zero-order chi connectivity index (χ0) is 23.1. The third-order valence-corrected chi connectivity index (χ3v) is 5.66. The van der Waals surface area contributed by atoms with E-state index < -0.39 is 5.82 Å². The van der Waals surface area contributed by atoms with Crippen molar-refractivity contribution >= 4 is 17.9 Å². The molecule has 1 N–H and O–H groups in total. The third kappa shape index (κ3) is 3.34. The summed E-state index contributed by atoms with van der Waals surface area (Å²) in [6.45, 7) is 2.17. The molecule has 0 fully saturated rings. The van der Waals surface area contributed by atoms with Crippen LogP contribution in [0.5, 0.6) is 5.75 Å². The summed E-state index contributed by atoms with van der Waals surface area (Å²) in [5.74, 6) is -0.0879. The molecule has 0 amide bonds. The predicted molar refractivity (Wildman–Crippen MR) is 114 cm³/mol. The second kappa shape index (κ2) is 7.94. The van der Waals surface area contributed by atoms with E-state index in [-0.39, 0.29) is 29.3 Å². The first-order chi connectivity index (χ1) is 16.0. The Hall–Kier alpha value is -4.39. The number of imidazole rings is 1. The molecule has 0 radical (unpaired) electrons. The maximum absolute atomic E-state index is 14.5. The maximum Gasteiger partial charge on any atom is 0.208 e. The topological polar surface area (TPSA) is 105 Å². The summed E-state index contributed by atoms with van der Waals surface area (Å²) in [7, 11) is 0. The number of halogens is 2. The van der Waals surface area contributed by atoms with Crippen LogP contribution in [0.15, 0.2) is 30.7 Å². The highest BCUT2D eigenvalue weighted by Gasteiger charge is 2.21. The van der Waals surface area contributed by atoms with Gasteiger partial charge in [0.1, 0.15) is 23.3 Å². The number of fused-ring (bicyclic) bond motifs is 2. The number of anilines is 1. The number of ether oxygens (including phenoxy) is 1. The quantitative estimate of drug-likeness (QED) is 0.467. The number of hydrogen-bond donors (Lipinski definition) is 1. The summed E-state index contributed by atoms with van der Waals surface area (Å²) in [6, 6.07) is 4.97. The van der Waals surface area contributed by atoms with Gasteiger partial charge < -0.3 is 10.1 Å². The van der Waals surface area contributed by atoms with Gasteiger partial charge in [0.25, 0.3) is 0 Å². The van der Waals surface area contributed by atoms with Crippen molar-refractivity contribution in [1.82, 2.24) is 19.4 Å². The van der Waals surface area contributed by atoms with Crippen LogP contribution in [0.25, 0.3) is 16.8 Å². The Morgan fingerprint density at radius 1 is 1.27 bits per heavy atom. The first kappa shape index (κ1) is 20.5. The van der Waals surface area contributed by atoms with Crippen LogP contribution in [0.2, 0.25) is 0 Å².